The van der Waals surface area contributed by atoms with Crippen LogP contribution in [0.4, 0.5) is 0 Å². The quantitative estimate of drug-likeness (QED) is 0.870. The van der Waals surface area contributed by atoms with E-state index < -0.39 is 0 Å². The molecule has 0 unspecified atom stereocenters. The van der Waals surface area contributed by atoms with Gasteiger partial charge in [0, 0.05) is 10.9 Å². The van der Waals surface area contributed by atoms with Gasteiger partial charge in [0.1, 0.15) is 0 Å². The molecule has 1 saturated carbocycles. The highest BCUT2D eigenvalue weighted by molar-refractivity contribution is 9.11. The summed E-state index contributed by atoms with van der Waals surface area (Å²) in [5.41, 5.74) is 0.830. The lowest BCUT2D eigenvalue weighted by molar-refractivity contribution is 0.0936. The van der Waals surface area contributed by atoms with Crippen molar-refractivity contribution in [1.29, 1.82) is 0 Å². The fourth-order valence-corrected chi connectivity index (χ4v) is 2.22. The summed E-state index contributed by atoms with van der Waals surface area (Å²) in [7, 11) is 0. The second kappa shape index (κ2) is 3.10. The summed E-state index contributed by atoms with van der Waals surface area (Å²) < 4.78 is 0.999. The molecule has 1 amide bonds. The smallest absolute Gasteiger partial charge is 0.252 e. The highest BCUT2D eigenvalue weighted by atomic mass is 79.9. The van der Waals surface area contributed by atoms with Crippen LogP contribution in [0.15, 0.2) is 15.2 Å². The molecule has 2 nitrogen and oxygen atoms in total. The lowest BCUT2D eigenvalue weighted by atomic mass is 10.2. The van der Waals surface area contributed by atoms with E-state index in [4.69, 9.17) is 0 Å². The van der Waals surface area contributed by atoms with Crippen LogP contribution >= 0.6 is 27.3 Å². The van der Waals surface area contributed by atoms with E-state index in [0.29, 0.717) is 0 Å². The molecule has 1 fully saturated rings. The second-order valence-electron chi connectivity index (χ2n) is 3.65. The number of amides is 1. The van der Waals surface area contributed by atoms with Gasteiger partial charge in [-0.2, -0.15) is 0 Å². The number of nitrogens with one attached hydrogen (secondary N) is 1. The summed E-state index contributed by atoms with van der Waals surface area (Å²) >= 11 is 4.87. The maximum absolute atomic E-state index is 11.6. The van der Waals surface area contributed by atoms with Crippen LogP contribution in [0, 0.1) is 0 Å². The molecule has 0 atom stereocenters. The van der Waals surface area contributed by atoms with Crippen LogP contribution in [-0.4, -0.2) is 11.4 Å². The van der Waals surface area contributed by atoms with Crippen LogP contribution in [0.2, 0.25) is 0 Å². The summed E-state index contributed by atoms with van der Waals surface area (Å²) in [6.07, 6.45) is 2.20. The Balaban J connectivity index is 2.05. The van der Waals surface area contributed by atoms with Crippen molar-refractivity contribution in [3.8, 4) is 0 Å². The highest BCUT2D eigenvalue weighted by Crippen LogP contribution is 2.34. The van der Waals surface area contributed by atoms with Gasteiger partial charge in [0.05, 0.1) is 9.35 Å². The van der Waals surface area contributed by atoms with Gasteiger partial charge in [-0.05, 0) is 41.8 Å². The summed E-state index contributed by atoms with van der Waals surface area (Å²) in [6.45, 7) is 2.08. The number of halogens is 1. The molecule has 1 aliphatic rings. The highest BCUT2D eigenvalue weighted by Gasteiger charge is 2.38. The Labute approximate surface area is 89.5 Å². The molecule has 0 aliphatic heterocycles. The van der Waals surface area contributed by atoms with Crippen LogP contribution in [0.1, 0.15) is 30.1 Å². The van der Waals surface area contributed by atoms with Gasteiger partial charge in [0.25, 0.3) is 5.91 Å². The van der Waals surface area contributed by atoms with E-state index in [1.807, 2.05) is 11.4 Å². The molecule has 0 aromatic carbocycles. The van der Waals surface area contributed by atoms with Gasteiger partial charge in [0.15, 0.2) is 0 Å². The maximum atomic E-state index is 11.6. The minimum Gasteiger partial charge on any atom is -0.347 e. The van der Waals surface area contributed by atoms with Gasteiger partial charge in [0.2, 0.25) is 0 Å². The molecule has 0 bridgehead atoms. The number of carbonyl (C=O) groups is 1. The van der Waals surface area contributed by atoms with Crippen molar-refractivity contribution < 1.29 is 4.79 Å². The number of thiophene rings is 1. The van der Waals surface area contributed by atoms with E-state index in [1.54, 1.807) is 0 Å². The SMILES string of the molecule is CC1(NC(=O)c2csc(Br)c2)CC1. The third kappa shape index (κ3) is 2.11. The third-order valence-corrected chi connectivity index (χ3v) is 3.75. The standard InChI is InChI=1S/C9H10BrNOS/c1-9(2-3-9)11-8(12)6-4-7(10)13-5-6/h4-5H,2-3H2,1H3,(H,11,12). The van der Waals surface area contributed by atoms with Gasteiger partial charge < -0.3 is 5.32 Å². The van der Waals surface area contributed by atoms with Crippen LogP contribution in [-0.2, 0) is 0 Å². The van der Waals surface area contributed by atoms with Crippen molar-refractivity contribution in [2.75, 3.05) is 0 Å². The summed E-state index contributed by atoms with van der Waals surface area (Å²) in [4.78, 5) is 11.6. The molecule has 1 N–H and O–H groups in total. The lowest BCUT2D eigenvalue weighted by Crippen LogP contribution is -2.33. The average Bonchev–Trinajstić information content (AvgIpc) is 2.62. The van der Waals surface area contributed by atoms with Gasteiger partial charge in [-0.15, -0.1) is 11.3 Å². The molecule has 1 aromatic rings. The zero-order valence-corrected chi connectivity index (χ0v) is 9.67. The average molecular weight is 260 g/mol. The van der Waals surface area contributed by atoms with Crippen molar-refractivity contribution in [2.45, 2.75) is 25.3 Å². The Hall–Kier alpha value is -0.350. The monoisotopic (exact) mass is 259 g/mol. The number of rotatable bonds is 2. The van der Waals surface area contributed by atoms with Crippen molar-refractivity contribution in [2.24, 2.45) is 0 Å². The first kappa shape index (κ1) is 9.21. The fourth-order valence-electron chi connectivity index (χ4n) is 1.09. The Bertz CT molecular complexity index is 343. The van der Waals surface area contributed by atoms with Crippen LogP contribution in [0.3, 0.4) is 0 Å². The Morgan fingerprint density at radius 2 is 2.38 bits per heavy atom. The molecule has 1 heterocycles. The number of hydrogen-bond acceptors (Lipinski definition) is 2. The third-order valence-electron chi connectivity index (χ3n) is 2.24. The van der Waals surface area contributed by atoms with Gasteiger partial charge in [-0.3, -0.25) is 4.79 Å². The normalized spacial score (nSPS) is 18.3. The van der Waals surface area contributed by atoms with Crippen molar-refractivity contribution in [3.05, 3.63) is 20.8 Å². The summed E-state index contributed by atoms with van der Waals surface area (Å²) in [5, 5.41) is 4.87. The molecule has 4 heteroatoms. The van der Waals surface area contributed by atoms with E-state index in [2.05, 4.69) is 28.2 Å². The summed E-state index contributed by atoms with van der Waals surface area (Å²) in [6, 6.07) is 1.85. The van der Waals surface area contributed by atoms with E-state index in [9.17, 15) is 4.79 Å². The van der Waals surface area contributed by atoms with Crippen molar-refractivity contribution in [3.63, 3.8) is 0 Å². The zero-order chi connectivity index (χ0) is 9.47. The molecular weight excluding hydrogens is 250 g/mol. The predicted molar refractivity (Wildman–Crippen MR) is 57.1 cm³/mol. The minimum atomic E-state index is 0.0435. The van der Waals surface area contributed by atoms with Gasteiger partial charge >= 0.3 is 0 Å². The molecule has 0 radical (unpaired) electrons. The van der Waals surface area contributed by atoms with Crippen LogP contribution in [0.25, 0.3) is 0 Å². The molecular formula is C9H10BrNOS. The van der Waals surface area contributed by atoms with E-state index in [-0.39, 0.29) is 11.4 Å². The van der Waals surface area contributed by atoms with E-state index in [0.717, 1.165) is 22.2 Å². The molecule has 0 spiro atoms. The van der Waals surface area contributed by atoms with Gasteiger partial charge in [-0.25, -0.2) is 0 Å². The zero-order valence-electron chi connectivity index (χ0n) is 7.26. The second-order valence-corrected chi connectivity index (χ2v) is 5.94. The molecule has 1 aromatic heterocycles. The molecule has 0 saturated heterocycles. The predicted octanol–water partition coefficient (Wildman–Crippen LogP) is 2.79. The molecule has 70 valence electrons. The Morgan fingerprint density at radius 3 is 2.85 bits per heavy atom. The minimum absolute atomic E-state index is 0.0435. The first-order valence-electron chi connectivity index (χ1n) is 4.16. The van der Waals surface area contributed by atoms with Gasteiger partial charge in [-0.1, -0.05) is 0 Å². The Kier molecular flexibility index (Phi) is 2.20. The van der Waals surface area contributed by atoms with Crippen molar-refractivity contribution >= 4 is 33.2 Å². The molecule has 1 aliphatic carbocycles. The molecule has 2 rings (SSSR count). The van der Waals surface area contributed by atoms with Crippen molar-refractivity contribution in [1.82, 2.24) is 5.32 Å². The topological polar surface area (TPSA) is 29.1 Å². The molecule has 13 heavy (non-hydrogen) atoms. The first-order chi connectivity index (χ1) is 6.09. The number of hydrogen-bond donors (Lipinski definition) is 1. The van der Waals surface area contributed by atoms with Crippen LogP contribution in [0.5, 0.6) is 0 Å². The largest absolute Gasteiger partial charge is 0.347 e. The summed E-state index contributed by atoms with van der Waals surface area (Å²) in [5.74, 6) is 0.0435. The lowest BCUT2D eigenvalue weighted by Gasteiger charge is -2.09. The first-order valence-corrected chi connectivity index (χ1v) is 5.83. The van der Waals surface area contributed by atoms with E-state index >= 15 is 0 Å². The number of carbonyl (C=O) groups excluding carboxylic acids is 1. The maximum Gasteiger partial charge on any atom is 0.252 e. The van der Waals surface area contributed by atoms with Crippen LogP contribution < -0.4 is 5.32 Å². The fraction of sp³-hybridized carbons (Fsp3) is 0.444. The van der Waals surface area contributed by atoms with E-state index in [1.165, 1.54) is 11.3 Å². The Morgan fingerprint density at radius 1 is 1.69 bits per heavy atom.